The molecule has 4 aromatic carbocycles. The van der Waals surface area contributed by atoms with E-state index in [1.807, 2.05) is 54.9 Å². The number of methoxy groups -OCH3 is 1. The van der Waals surface area contributed by atoms with E-state index in [9.17, 15) is 14.7 Å². The second-order valence-electron chi connectivity index (χ2n) is 15.9. The number of aromatic nitrogens is 4. The van der Waals surface area contributed by atoms with E-state index >= 15 is 0 Å². The largest absolute Gasteiger partial charge is 0.478 e. The number of carbonyl (C=O) groups excluding carboxylic acids is 1. The molecule has 0 aliphatic heterocycles. The van der Waals surface area contributed by atoms with Crippen LogP contribution in [-0.4, -0.2) is 43.3 Å². The Hall–Kier alpha value is -6.80. The predicted molar refractivity (Wildman–Crippen MR) is 231 cm³/mol. The van der Waals surface area contributed by atoms with Crippen molar-refractivity contribution in [2.75, 3.05) is 7.11 Å². The van der Waals surface area contributed by atoms with Crippen molar-refractivity contribution in [2.45, 2.75) is 63.5 Å². The van der Waals surface area contributed by atoms with E-state index in [0.717, 1.165) is 63.0 Å². The van der Waals surface area contributed by atoms with Crippen LogP contribution in [0.5, 0.6) is 0 Å². The van der Waals surface area contributed by atoms with E-state index in [2.05, 4.69) is 105 Å². The molecule has 2 aliphatic rings. The Morgan fingerprint density at radius 2 is 1.05 bits per heavy atom. The van der Waals surface area contributed by atoms with Gasteiger partial charge >= 0.3 is 11.9 Å². The molecule has 4 aromatic heterocycles. The zero-order valence-electron chi connectivity index (χ0n) is 33.1. The molecular formula is C51H46N4O4. The number of ether oxygens (including phenoxy) is 1. The summed E-state index contributed by atoms with van der Waals surface area (Å²) in [6.45, 7) is 1.58. The van der Waals surface area contributed by atoms with Crippen molar-refractivity contribution in [3.63, 3.8) is 0 Å². The van der Waals surface area contributed by atoms with Crippen LogP contribution in [0.15, 0.2) is 146 Å². The number of nitrogens with zero attached hydrogens (tertiary/aromatic N) is 4. The minimum Gasteiger partial charge on any atom is -0.478 e. The second kappa shape index (κ2) is 16.6. The molecular weight excluding hydrogens is 733 g/mol. The molecule has 2 aliphatic carbocycles. The van der Waals surface area contributed by atoms with Gasteiger partial charge in [-0.1, -0.05) is 84.9 Å². The maximum absolute atomic E-state index is 12.4. The highest BCUT2D eigenvalue weighted by atomic mass is 16.5. The van der Waals surface area contributed by atoms with E-state index in [1.165, 1.54) is 49.5 Å². The number of benzene rings is 4. The summed E-state index contributed by atoms with van der Waals surface area (Å²) in [6, 6.07) is 41.3. The molecule has 0 unspecified atom stereocenters. The van der Waals surface area contributed by atoms with E-state index in [0.29, 0.717) is 35.8 Å². The molecule has 294 valence electrons. The third-order valence-electron chi connectivity index (χ3n) is 11.5. The average molecular weight is 779 g/mol. The van der Waals surface area contributed by atoms with E-state index in [4.69, 9.17) is 9.72 Å². The Bertz CT molecular complexity index is 2780. The standard InChI is InChI=1S/C26H24N2O2.C25H22N2O2/c1-30-26(29)24-15-21(20-7-8-20)9-10-22(24)13-19-14-23-11-12-28(25(23)27-16-19)17-18-5-3-2-4-6-18;28-25(29)23-14-20(19-6-7-19)8-9-21(23)12-18-13-22-10-11-27(24(22)26-15-18)16-17-4-2-1-3-5-17/h2-6,9-12,14-16,20H,7-8,13,17H2,1H3;1-5,8-11,13-15,19H,6-7,12,16H2,(H,28,29). The number of carboxylic acid groups (broad SMARTS) is 1. The second-order valence-corrected chi connectivity index (χ2v) is 15.9. The lowest BCUT2D eigenvalue weighted by Gasteiger charge is -2.11. The third-order valence-corrected chi connectivity index (χ3v) is 11.5. The first kappa shape index (κ1) is 37.8. The number of esters is 1. The molecule has 2 saturated carbocycles. The molecule has 0 amide bonds. The number of hydrogen-bond acceptors (Lipinski definition) is 5. The molecule has 0 radical (unpaired) electrons. The molecule has 0 atom stereocenters. The lowest BCUT2D eigenvalue weighted by Crippen LogP contribution is -2.07. The molecule has 59 heavy (non-hydrogen) atoms. The minimum absolute atomic E-state index is 0.268. The smallest absolute Gasteiger partial charge is 0.338 e. The van der Waals surface area contributed by atoms with Crippen molar-refractivity contribution in [1.29, 1.82) is 0 Å². The molecule has 8 aromatic rings. The Morgan fingerprint density at radius 1 is 0.593 bits per heavy atom. The van der Waals surface area contributed by atoms with E-state index < -0.39 is 5.97 Å². The minimum atomic E-state index is -0.856. The number of hydrogen-bond donors (Lipinski definition) is 1. The first-order valence-corrected chi connectivity index (χ1v) is 20.4. The Morgan fingerprint density at radius 3 is 1.49 bits per heavy atom. The van der Waals surface area contributed by atoms with Crippen LogP contribution in [0.4, 0.5) is 0 Å². The third kappa shape index (κ3) is 8.72. The van der Waals surface area contributed by atoms with Gasteiger partial charge in [0.1, 0.15) is 11.3 Å². The van der Waals surface area contributed by atoms with Gasteiger partial charge in [0.2, 0.25) is 0 Å². The number of carboxylic acids is 1. The van der Waals surface area contributed by atoms with Gasteiger partial charge in [-0.05, 0) is 131 Å². The molecule has 8 heteroatoms. The summed E-state index contributed by atoms with van der Waals surface area (Å²) in [5.74, 6) is 0.0236. The Labute approximate surface area is 343 Å². The summed E-state index contributed by atoms with van der Waals surface area (Å²) in [5, 5.41) is 11.8. The predicted octanol–water partition coefficient (Wildman–Crippen LogP) is 10.6. The summed E-state index contributed by atoms with van der Waals surface area (Å²) < 4.78 is 9.35. The van der Waals surface area contributed by atoms with Crippen LogP contribution in [0.25, 0.3) is 22.1 Å². The number of pyridine rings is 2. The number of fused-ring (bicyclic) bond motifs is 2. The molecule has 8 nitrogen and oxygen atoms in total. The van der Waals surface area contributed by atoms with Crippen molar-refractivity contribution in [1.82, 2.24) is 19.1 Å². The summed E-state index contributed by atoms with van der Waals surface area (Å²) >= 11 is 0. The topological polar surface area (TPSA) is 99.2 Å². The quantitative estimate of drug-likeness (QED) is 0.124. The summed E-state index contributed by atoms with van der Waals surface area (Å²) in [7, 11) is 1.44. The zero-order chi connectivity index (χ0) is 40.3. The number of aromatic carboxylic acids is 1. The number of carbonyl (C=O) groups is 2. The average Bonchev–Trinajstić information content (AvgIpc) is 4.21. The fraction of sp³-hybridized carbons (Fsp3) is 0.216. The van der Waals surface area contributed by atoms with Gasteiger partial charge in [-0.15, -0.1) is 0 Å². The fourth-order valence-corrected chi connectivity index (χ4v) is 8.03. The summed E-state index contributed by atoms with van der Waals surface area (Å²) in [6.07, 6.45) is 13.9. The maximum atomic E-state index is 12.4. The van der Waals surface area contributed by atoms with Crippen LogP contribution in [0.3, 0.4) is 0 Å². The molecule has 0 spiro atoms. The van der Waals surface area contributed by atoms with Crippen molar-refractivity contribution in [2.24, 2.45) is 0 Å². The van der Waals surface area contributed by atoms with Crippen LogP contribution in [-0.2, 0) is 30.7 Å². The highest BCUT2D eigenvalue weighted by molar-refractivity contribution is 5.92. The Kier molecular flexibility index (Phi) is 10.6. The van der Waals surface area contributed by atoms with Gasteiger partial charge in [0.05, 0.1) is 18.2 Å². The molecule has 1 N–H and O–H groups in total. The molecule has 0 saturated heterocycles. The van der Waals surface area contributed by atoms with Gasteiger partial charge in [0, 0.05) is 48.6 Å². The normalized spacial score (nSPS) is 13.6. The highest BCUT2D eigenvalue weighted by Gasteiger charge is 2.26. The monoisotopic (exact) mass is 778 g/mol. The molecule has 0 bridgehead atoms. The van der Waals surface area contributed by atoms with Gasteiger partial charge in [-0.2, -0.15) is 0 Å². The summed E-state index contributed by atoms with van der Waals surface area (Å²) in [5.41, 5.74) is 11.8. The van der Waals surface area contributed by atoms with Crippen molar-refractivity contribution >= 4 is 34.0 Å². The highest BCUT2D eigenvalue weighted by Crippen LogP contribution is 2.41. The lowest BCUT2D eigenvalue weighted by atomic mass is 9.96. The first-order valence-electron chi connectivity index (χ1n) is 20.4. The molecule has 2 fully saturated rings. The van der Waals surface area contributed by atoms with Gasteiger partial charge in [-0.3, -0.25) is 0 Å². The maximum Gasteiger partial charge on any atom is 0.338 e. The van der Waals surface area contributed by atoms with Gasteiger partial charge in [0.25, 0.3) is 0 Å². The van der Waals surface area contributed by atoms with Crippen LogP contribution < -0.4 is 0 Å². The fourth-order valence-electron chi connectivity index (χ4n) is 8.03. The van der Waals surface area contributed by atoms with Crippen LogP contribution in [0.1, 0.15) is 103 Å². The first-order chi connectivity index (χ1) is 28.9. The molecule has 10 rings (SSSR count). The van der Waals surface area contributed by atoms with Gasteiger partial charge in [-0.25, -0.2) is 19.6 Å². The van der Waals surface area contributed by atoms with Gasteiger partial charge < -0.3 is 19.0 Å². The summed E-state index contributed by atoms with van der Waals surface area (Å²) in [4.78, 5) is 33.6. The van der Waals surface area contributed by atoms with Crippen molar-refractivity contribution in [3.8, 4) is 0 Å². The van der Waals surface area contributed by atoms with Crippen LogP contribution in [0, 0.1) is 0 Å². The van der Waals surface area contributed by atoms with Crippen molar-refractivity contribution < 1.29 is 19.4 Å². The lowest BCUT2D eigenvalue weighted by molar-refractivity contribution is 0.0598. The van der Waals surface area contributed by atoms with Crippen molar-refractivity contribution in [3.05, 3.63) is 202 Å². The zero-order valence-corrected chi connectivity index (χ0v) is 33.1. The van der Waals surface area contributed by atoms with Gasteiger partial charge in [0.15, 0.2) is 0 Å². The van der Waals surface area contributed by atoms with E-state index in [-0.39, 0.29) is 5.97 Å². The number of rotatable bonds is 12. The Balaban J connectivity index is 0.000000152. The van der Waals surface area contributed by atoms with E-state index in [1.54, 1.807) is 0 Å². The molecule has 4 heterocycles. The van der Waals surface area contributed by atoms with Crippen LogP contribution >= 0.6 is 0 Å². The van der Waals surface area contributed by atoms with Crippen LogP contribution in [0.2, 0.25) is 0 Å². The SMILES string of the molecule is COC(=O)c1cc(C2CC2)ccc1Cc1cnc2c(ccn2Cc2ccccc2)c1.O=C(O)c1cc(C2CC2)ccc1Cc1cnc2c(ccn2Cc2ccccc2)c1.